The van der Waals surface area contributed by atoms with Gasteiger partial charge in [0, 0.05) is 19.4 Å². The van der Waals surface area contributed by atoms with Crippen LogP contribution in [0.3, 0.4) is 0 Å². The van der Waals surface area contributed by atoms with E-state index in [1.165, 1.54) is 11.1 Å². The molecule has 0 atom stereocenters. The Bertz CT molecular complexity index is 1050. The molecule has 0 aliphatic carbocycles. The number of benzene rings is 2. The minimum Gasteiger partial charge on any atom is -0.382 e. The fourth-order valence-corrected chi connectivity index (χ4v) is 3.39. The molecular formula is C22H20Cl2N2O4. The van der Waals surface area contributed by atoms with Gasteiger partial charge in [0.1, 0.15) is 0 Å². The number of aromatic amines is 1. The lowest BCUT2D eigenvalue weighted by atomic mass is 10.0. The number of ether oxygens (including phenoxy) is 1. The SMILES string of the molecule is COCCON(Cc1ccc(-c2cc[nH]c(=O)c2)cc1)C(=O)c1c(Cl)cccc1Cl. The third-order valence-corrected chi connectivity index (χ3v) is 4.96. The molecule has 0 spiro atoms. The van der Waals surface area contributed by atoms with Crippen LogP contribution < -0.4 is 5.56 Å². The Balaban J connectivity index is 1.82. The van der Waals surface area contributed by atoms with Gasteiger partial charge in [0.05, 0.1) is 35.4 Å². The summed E-state index contributed by atoms with van der Waals surface area (Å²) < 4.78 is 5.01. The molecule has 0 fully saturated rings. The van der Waals surface area contributed by atoms with Gasteiger partial charge in [0.25, 0.3) is 5.91 Å². The van der Waals surface area contributed by atoms with E-state index in [-0.39, 0.29) is 34.3 Å². The molecule has 156 valence electrons. The van der Waals surface area contributed by atoms with Crippen molar-refractivity contribution in [2.45, 2.75) is 6.54 Å². The number of aromatic nitrogens is 1. The van der Waals surface area contributed by atoms with Crippen molar-refractivity contribution in [2.24, 2.45) is 0 Å². The van der Waals surface area contributed by atoms with E-state index in [0.29, 0.717) is 6.61 Å². The molecule has 30 heavy (non-hydrogen) atoms. The van der Waals surface area contributed by atoms with Crippen LogP contribution in [0.4, 0.5) is 0 Å². The van der Waals surface area contributed by atoms with E-state index < -0.39 is 5.91 Å². The summed E-state index contributed by atoms with van der Waals surface area (Å²) in [5.41, 5.74) is 2.53. The highest BCUT2D eigenvalue weighted by Gasteiger charge is 2.22. The monoisotopic (exact) mass is 446 g/mol. The number of hydroxylamine groups is 2. The third-order valence-electron chi connectivity index (χ3n) is 4.33. The van der Waals surface area contributed by atoms with Crippen LogP contribution >= 0.6 is 23.2 Å². The highest BCUT2D eigenvalue weighted by Crippen LogP contribution is 2.27. The normalized spacial score (nSPS) is 10.8. The molecule has 1 amide bonds. The summed E-state index contributed by atoms with van der Waals surface area (Å²) in [6, 6.07) is 15.7. The van der Waals surface area contributed by atoms with Crippen molar-refractivity contribution >= 4 is 29.1 Å². The zero-order valence-corrected chi connectivity index (χ0v) is 17.7. The molecule has 0 aliphatic rings. The van der Waals surface area contributed by atoms with Crippen LogP contribution in [0.25, 0.3) is 11.1 Å². The van der Waals surface area contributed by atoms with Crippen molar-refractivity contribution in [3.8, 4) is 11.1 Å². The maximum Gasteiger partial charge on any atom is 0.280 e. The second-order valence-corrected chi connectivity index (χ2v) is 7.22. The first-order valence-corrected chi connectivity index (χ1v) is 9.91. The summed E-state index contributed by atoms with van der Waals surface area (Å²) in [5.74, 6) is -0.444. The first-order valence-electron chi connectivity index (χ1n) is 9.15. The molecule has 3 rings (SSSR count). The van der Waals surface area contributed by atoms with Crippen LogP contribution in [0, 0.1) is 0 Å². The van der Waals surface area contributed by atoms with Gasteiger partial charge in [-0.3, -0.25) is 14.4 Å². The summed E-state index contributed by atoms with van der Waals surface area (Å²) in [6.45, 7) is 0.691. The summed E-state index contributed by atoms with van der Waals surface area (Å²) in [6.07, 6.45) is 1.60. The second-order valence-electron chi connectivity index (χ2n) is 6.40. The Labute approximate surface area is 183 Å². The highest BCUT2D eigenvalue weighted by molar-refractivity contribution is 6.39. The van der Waals surface area contributed by atoms with Crippen LogP contribution in [0.1, 0.15) is 15.9 Å². The number of hydrogen-bond acceptors (Lipinski definition) is 4. The van der Waals surface area contributed by atoms with Gasteiger partial charge in [-0.15, -0.1) is 0 Å². The molecule has 3 aromatic rings. The van der Waals surface area contributed by atoms with Crippen LogP contribution in [0.5, 0.6) is 0 Å². The Morgan fingerprint density at radius 2 is 1.70 bits per heavy atom. The maximum absolute atomic E-state index is 13.1. The van der Waals surface area contributed by atoms with Gasteiger partial charge < -0.3 is 9.72 Å². The van der Waals surface area contributed by atoms with Crippen LogP contribution in [-0.4, -0.2) is 36.3 Å². The van der Waals surface area contributed by atoms with Gasteiger partial charge in [0.2, 0.25) is 5.56 Å². The first-order chi connectivity index (χ1) is 14.5. The topological polar surface area (TPSA) is 71.6 Å². The highest BCUT2D eigenvalue weighted by atomic mass is 35.5. The van der Waals surface area contributed by atoms with Gasteiger partial charge in [-0.2, -0.15) is 0 Å². The van der Waals surface area contributed by atoms with E-state index in [2.05, 4.69) is 4.98 Å². The van der Waals surface area contributed by atoms with Gasteiger partial charge >= 0.3 is 0 Å². The average molecular weight is 447 g/mol. The predicted molar refractivity (Wildman–Crippen MR) is 117 cm³/mol. The number of pyridine rings is 1. The van der Waals surface area contributed by atoms with Gasteiger partial charge in [-0.05, 0) is 34.9 Å². The van der Waals surface area contributed by atoms with E-state index in [1.54, 1.807) is 31.5 Å². The Morgan fingerprint density at radius 3 is 2.33 bits per heavy atom. The number of amides is 1. The zero-order valence-electron chi connectivity index (χ0n) is 16.2. The van der Waals surface area contributed by atoms with E-state index in [0.717, 1.165) is 16.7 Å². The van der Waals surface area contributed by atoms with Crippen molar-refractivity contribution in [2.75, 3.05) is 20.3 Å². The molecule has 6 nitrogen and oxygen atoms in total. The molecule has 1 heterocycles. The van der Waals surface area contributed by atoms with E-state index in [1.807, 2.05) is 30.3 Å². The van der Waals surface area contributed by atoms with Gasteiger partial charge in [0.15, 0.2) is 0 Å². The minimum absolute atomic E-state index is 0.170. The fraction of sp³-hybridized carbons (Fsp3) is 0.182. The summed E-state index contributed by atoms with van der Waals surface area (Å²) in [4.78, 5) is 32.8. The van der Waals surface area contributed by atoms with Crippen molar-refractivity contribution in [1.82, 2.24) is 10.0 Å². The standard InChI is InChI=1S/C22H20Cl2N2O4/c1-29-11-12-30-26(22(28)21-18(23)3-2-4-19(21)24)14-15-5-7-16(8-6-15)17-9-10-25-20(27)13-17/h2-10,13H,11-12,14H2,1H3,(H,25,27). The number of methoxy groups -OCH3 is 1. The largest absolute Gasteiger partial charge is 0.382 e. The maximum atomic E-state index is 13.1. The van der Waals surface area contributed by atoms with Gasteiger partial charge in [-0.1, -0.05) is 53.5 Å². The van der Waals surface area contributed by atoms with Crippen molar-refractivity contribution < 1.29 is 14.4 Å². The number of hydrogen-bond donors (Lipinski definition) is 1. The zero-order chi connectivity index (χ0) is 21.5. The molecule has 1 aromatic heterocycles. The lowest BCUT2D eigenvalue weighted by Crippen LogP contribution is -2.32. The van der Waals surface area contributed by atoms with E-state index in [9.17, 15) is 9.59 Å². The van der Waals surface area contributed by atoms with Gasteiger partial charge in [-0.25, -0.2) is 5.06 Å². The lowest BCUT2D eigenvalue weighted by molar-refractivity contribution is -0.139. The number of rotatable bonds is 8. The third kappa shape index (κ3) is 5.49. The number of nitrogens with one attached hydrogen (secondary N) is 1. The van der Waals surface area contributed by atoms with Crippen LogP contribution in [0.15, 0.2) is 65.6 Å². The molecular weight excluding hydrogens is 427 g/mol. The number of H-pyrrole nitrogens is 1. The lowest BCUT2D eigenvalue weighted by Gasteiger charge is -2.23. The Kier molecular flexibility index (Phi) is 7.65. The summed E-state index contributed by atoms with van der Waals surface area (Å²) >= 11 is 12.4. The molecule has 0 saturated heterocycles. The smallest absolute Gasteiger partial charge is 0.280 e. The molecule has 0 aliphatic heterocycles. The quantitative estimate of drug-likeness (QED) is 0.406. The number of carbonyl (C=O) groups excluding carboxylic acids is 1. The fourth-order valence-electron chi connectivity index (χ4n) is 2.83. The number of nitrogens with zero attached hydrogens (tertiary/aromatic N) is 1. The van der Waals surface area contributed by atoms with E-state index >= 15 is 0 Å². The molecule has 1 N–H and O–H groups in total. The Hall–Kier alpha value is -2.64. The average Bonchev–Trinajstić information content (AvgIpc) is 2.73. The molecule has 0 radical (unpaired) electrons. The number of carbonyl (C=O) groups is 1. The molecule has 2 aromatic carbocycles. The second kappa shape index (κ2) is 10.4. The first kappa shape index (κ1) is 22.1. The predicted octanol–water partition coefficient (Wildman–Crippen LogP) is 4.57. The summed E-state index contributed by atoms with van der Waals surface area (Å²) in [5, 5.41) is 1.71. The van der Waals surface area contributed by atoms with Crippen LogP contribution in [-0.2, 0) is 16.1 Å². The van der Waals surface area contributed by atoms with Crippen LogP contribution in [0.2, 0.25) is 10.0 Å². The van der Waals surface area contributed by atoms with Crippen molar-refractivity contribution in [3.05, 3.63) is 92.3 Å². The van der Waals surface area contributed by atoms with Crippen molar-refractivity contribution in [3.63, 3.8) is 0 Å². The summed E-state index contributed by atoms with van der Waals surface area (Å²) in [7, 11) is 1.55. The molecule has 0 bridgehead atoms. The molecule has 0 unspecified atom stereocenters. The Morgan fingerprint density at radius 1 is 1.00 bits per heavy atom. The molecule has 0 saturated carbocycles. The van der Waals surface area contributed by atoms with Crippen molar-refractivity contribution in [1.29, 1.82) is 0 Å². The van der Waals surface area contributed by atoms with E-state index in [4.69, 9.17) is 32.8 Å². The minimum atomic E-state index is -0.444. The number of halogens is 2. The molecule has 8 heteroatoms.